The van der Waals surface area contributed by atoms with Gasteiger partial charge in [0.25, 0.3) is 0 Å². The zero-order chi connectivity index (χ0) is 16.9. The van der Waals surface area contributed by atoms with Crippen molar-refractivity contribution in [2.45, 2.75) is 37.8 Å². The summed E-state index contributed by atoms with van der Waals surface area (Å²) in [6, 6.07) is -0.0391. The third kappa shape index (κ3) is 5.06. The third-order valence-corrected chi connectivity index (χ3v) is 6.59. The van der Waals surface area contributed by atoms with E-state index < -0.39 is 9.84 Å². The zero-order valence-corrected chi connectivity index (χ0v) is 15.3. The molecule has 0 amide bonds. The van der Waals surface area contributed by atoms with Crippen molar-refractivity contribution in [1.29, 1.82) is 0 Å². The van der Waals surface area contributed by atoms with Crippen molar-refractivity contribution in [2.75, 3.05) is 51.9 Å². The van der Waals surface area contributed by atoms with Crippen LogP contribution in [0.3, 0.4) is 0 Å². The van der Waals surface area contributed by atoms with E-state index in [9.17, 15) is 8.42 Å². The number of guanidine groups is 1. The van der Waals surface area contributed by atoms with Crippen LogP contribution in [-0.4, -0.2) is 82.8 Å². The van der Waals surface area contributed by atoms with Crippen LogP contribution < -0.4 is 10.6 Å². The van der Waals surface area contributed by atoms with Crippen molar-refractivity contribution >= 4 is 15.8 Å². The fraction of sp³-hybridized carbons (Fsp3) is 0.933. The maximum atomic E-state index is 11.6. The molecule has 8 heteroatoms. The topological polar surface area (TPSA) is 83.0 Å². The molecule has 0 radical (unpaired) electrons. The first kappa shape index (κ1) is 18.5. The Balaban J connectivity index is 2.02. The van der Waals surface area contributed by atoms with E-state index in [0.29, 0.717) is 18.9 Å². The molecule has 0 aliphatic carbocycles. The molecule has 2 rings (SSSR count). The molecule has 0 spiro atoms. The minimum absolute atomic E-state index is 0.0162. The van der Waals surface area contributed by atoms with Crippen LogP contribution in [-0.2, 0) is 14.6 Å². The van der Waals surface area contributed by atoms with Gasteiger partial charge in [0.05, 0.1) is 18.1 Å². The van der Waals surface area contributed by atoms with E-state index >= 15 is 0 Å². The lowest BCUT2D eigenvalue weighted by Gasteiger charge is -2.41. The number of aliphatic imine (C=N–C) groups is 1. The molecule has 0 aromatic heterocycles. The highest BCUT2D eigenvalue weighted by molar-refractivity contribution is 7.91. The van der Waals surface area contributed by atoms with Crippen LogP contribution >= 0.6 is 0 Å². The van der Waals surface area contributed by atoms with E-state index in [-0.39, 0.29) is 23.1 Å². The summed E-state index contributed by atoms with van der Waals surface area (Å²) in [5.74, 6) is 1.18. The van der Waals surface area contributed by atoms with Gasteiger partial charge in [0.2, 0.25) is 0 Å². The molecule has 23 heavy (non-hydrogen) atoms. The Morgan fingerprint density at radius 2 is 2.04 bits per heavy atom. The van der Waals surface area contributed by atoms with E-state index in [1.807, 2.05) is 6.92 Å². The summed E-state index contributed by atoms with van der Waals surface area (Å²) in [5, 5.41) is 6.51. The Labute approximate surface area is 139 Å². The second-order valence-electron chi connectivity index (χ2n) is 6.67. The molecule has 7 nitrogen and oxygen atoms in total. The lowest BCUT2D eigenvalue weighted by Crippen LogP contribution is -2.52. The van der Waals surface area contributed by atoms with Crippen LogP contribution in [0.15, 0.2) is 4.99 Å². The number of hydrogen-bond acceptors (Lipinski definition) is 5. The van der Waals surface area contributed by atoms with Crippen molar-refractivity contribution in [3.8, 4) is 0 Å². The molecule has 1 atom stereocenters. The van der Waals surface area contributed by atoms with Gasteiger partial charge in [-0.2, -0.15) is 0 Å². The van der Waals surface area contributed by atoms with Crippen molar-refractivity contribution in [3.63, 3.8) is 0 Å². The first-order chi connectivity index (χ1) is 10.9. The van der Waals surface area contributed by atoms with E-state index in [1.54, 1.807) is 0 Å². The van der Waals surface area contributed by atoms with Gasteiger partial charge in [0, 0.05) is 31.3 Å². The molecule has 0 aromatic rings. The Hall–Kier alpha value is -0.860. The number of likely N-dealkylation sites (N-methyl/N-ethyl adjacent to an activating group) is 1. The van der Waals surface area contributed by atoms with Gasteiger partial charge in [-0.3, -0.25) is 4.99 Å². The van der Waals surface area contributed by atoms with Gasteiger partial charge in [-0.15, -0.1) is 0 Å². The number of sulfone groups is 1. The second-order valence-corrected chi connectivity index (χ2v) is 8.90. The number of nitrogens with one attached hydrogen (secondary N) is 2. The summed E-state index contributed by atoms with van der Waals surface area (Å²) >= 11 is 0. The van der Waals surface area contributed by atoms with Crippen LogP contribution in [0.25, 0.3) is 0 Å². The van der Waals surface area contributed by atoms with Crippen LogP contribution in [0.1, 0.15) is 26.2 Å². The largest absolute Gasteiger partial charge is 0.381 e. The molecule has 0 aromatic carbocycles. The highest BCUT2D eigenvalue weighted by Crippen LogP contribution is 2.26. The molecule has 2 saturated heterocycles. The minimum Gasteiger partial charge on any atom is -0.381 e. The fourth-order valence-electron chi connectivity index (χ4n) is 3.15. The number of hydrogen-bond donors (Lipinski definition) is 2. The summed E-state index contributed by atoms with van der Waals surface area (Å²) in [5.41, 5.74) is 0.0162. The fourth-order valence-corrected chi connectivity index (χ4v) is 4.82. The predicted molar refractivity (Wildman–Crippen MR) is 92.6 cm³/mol. The van der Waals surface area contributed by atoms with Crippen molar-refractivity contribution in [2.24, 2.45) is 4.99 Å². The average molecular weight is 346 g/mol. The zero-order valence-electron chi connectivity index (χ0n) is 14.5. The van der Waals surface area contributed by atoms with Crippen LogP contribution in [0.4, 0.5) is 0 Å². The molecule has 2 aliphatic heterocycles. The normalized spacial score (nSPS) is 27.1. The Morgan fingerprint density at radius 1 is 1.35 bits per heavy atom. The van der Waals surface area contributed by atoms with Crippen LogP contribution in [0.2, 0.25) is 0 Å². The van der Waals surface area contributed by atoms with Gasteiger partial charge in [0.15, 0.2) is 15.8 Å². The first-order valence-electron chi connectivity index (χ1n) is 8.37. The van der Waals surface area contributed by atoms with E-state index in [4.69, 9.17) is 9.73 Å². The molecule has 2 aliphatic rings. The van der Waals surface area contributed by atoms with Gasteiger partial charge < -0.3 is 20.3 Å². The van der Waals surface area contributed by atoms with Gasteiger partial charge in [0.1, 0.15) is 0 Å². The quantitative estimate of drug-likeness (QED) is 0.532. The molecule has 2 heterocycles. The summed E-state index contributed by atoms with van der Waals surface area (Å²) < 4.78 is 28.7. The van der Waals surface area contributed by atoms with Gasteiger partial charge in [-0.1, -0.05) is 0 Å². The number of rotatable bonds is 5. The van der Waals surface area contributed by atoms with Crippen LogP contribution in [0, 0.1) is 0 Å². The van der Waals surface area contributed by atoms with Crippen molar-refractivity contribution < 1.29 is 13.2 Å². The van der Waals surface area contributed by atoms with Crippen LogP contribution in [0.5, 0.6) is 0 Å². The second kappa shape index (κ2) is 7.81. The molecular formula is C15H30N4O3S. The molecular weight excluding hydrogens is 316 g/mol. The van der Waals surface area contributed by atoms with Gasteiger partial charge in [-0.25, -0.2) is 8.42 Å². The molecule has 1 unspecified atom stereocenters. The molecule has 0 saturated carbocycles. The maximum absolute atomic E-state index is 11.6. The Kier molecular flexibility index (Phi) is 6.27. The predicted octanol–water partition coefficient (Wildman–Crippen LogP) is -0.161. The van der Waals surface area contributed by atoms with Gasteiger partial charge >= 0.3 is 0 Å². The SMILES string of the molecule is CCNC(=NCC1(N(C)C)CCOCC1)NC1CCS(=O)(=O)C1. The molecule has 0 bridgehead atoms. The number of nitrogens with zero attached hydrogens (tertiary/aromatic N) is 2. The van der Waals surface area contributed by atoms with E-state index in [1.165, 1.54) is 0 Å². The summed E-state index contributed by atoms with van der Waals surface area (Å²) in [6.07, 6.45) is 2.57. The third-order valence-electron chi connectivity index (χ3n) is 4.82. The minimum atomic E-state index is -2.89. The number of ether oxygens (including phenoxy) is 1. The summed E-state index contributed by atoms with van der Waals surface area (Å²) in [6.45, 7) is 4.97. The molecule has 134 valence electrons. The van der Waals surface area contributed by atoms with E-state index in [0.717, 1.165) is 32.6 Å². The Bertz CT molecular complexity index is 513. The summed E-state index contributed by atoms with van der Waals surface area (Å²) in [7, 11) is 1.29. The molecule has 2 N–H and O–H groups in total. The van der Waals surface area contributed by atoms with Crippen molar-refractivity contribution in [1.82, 2.24) is 15.5 Å². The lowest BCUT2D eigenvalue weighted by molar-refractivity contribution is -0.00255. The Morgan fingerprint density at radius 3 is 2.57 bits per heavy atom. The van der Waals surface area contributed by atoms with E-state index in [2.05, 4.69) is 29.6 Å². The van der Waals surface area contributed by atoms with Gasteiger partial charge in [-0.05, 0) is 40.3 Å². The molecule has 2 fully saturated rings. The summed E-state index contributed by atoms with van der Waals surface area (Å²) in [4.78, 5) is 6.98. The van der Waals surface area contributed by atoms with Crippen molar-refractivity contribution in [3.05, 3.63) is 0 Å². The average Bonchev–Trinajstić information content (AvgIpc) is 2.85. The lowest BCUT2D eigenvalue weighted by atomic mass is 9.89. The maximum Gasteiger partial charge on any atom is 0.191 e. The first-order valence-corrected chi connectivity index (χ1v) is 10.2. The highest BCUT2D eigenvalue weighted by Gasteiger charge is 2.35. The monoisotopic (exact) mass is 346 g/mol. The highest BCUT2D eigenvalue weighted by atomic mass is 32.2. The smallest absolute Gasteiger partial charge is 0.191 e. The standard InChI is InChI=1S/C15H30N4O3S/c1-4-16-14(18-13-5-10-23(20,21)11-13)17-12-15(19(2)3)6-8-22-9-7-15/h13H,4-12H2,1-3H3,(H2,16,17,18).